The lowest BCUT2D eigenvalue weighted by atomic mass is 10.4. The molecule has 0 bridgehead atoms. The number of hydrogen-bond donors (Lipinski definition) is 0. The highest BCUT2D eigenvalue weighted by molar-refractivity contribution is 5.01. The van der Waals surface area contributed by atoms with E-state index < -0.39 is 0 Å². The van der Waals surface area contributed by atoms with Crippen molar-refractivity contribution in [3.05, 3.63) is 57.9 Å². The van der Waals surface area contributed by atoms with Crippen LogP contribution in [0.3, 0.4) is 0 Å². The number of rotatable bonds is 4. The molecular formula is C11H14N2O2. The van der Waals surface area contributed by atoms with Crippen molar-refractivity contribution in [3.63, 3.8) is 0 Å². The van der Waals surface area contributed by atoms with E-state index in [0.717, 1.165) is 4.57 Å². The van der Waals surface area contributed by atoms with Gasteiger partial charge in [0.05, 0.1) is 0 Å². The number of aromatic nitrogens is 2. The molecule has 80 valence electrons. The molecule has 4 nitrogen and oxygen atoms in total. The fourth-order valence-electron chi connectivity index (χ4n) is 1.37. The largest absolute Gasteiger partial charge is 0.331 e. The molecule has 1 aromatic heterocycles. The Bertz CT molecular complexity index is 494. The summed E-state index contributed by atoms with van der Waals surface area (Å²) in [5.41, 5.74) is 0.0303. The second kappa shape index (κ2) is 4.59. The first kappa shape index (κ1) is 11.2. The highest BCUT2D eigenvalue weighted by Crippen LogP contribution is 1.90. The first-order valence-corrected chi connectivity index (χ1v) is 4.65. The van der Waals surface area contributed by atoms with Gasteiger partial charge in [0.1, 0.15) is 0 Å². The summed E-state index contributed by atoms with van der Waals surface area (Å²) < 4.78 is 2.64. The fraction of sp³-hybridized carbons (Fsp3) is 0.273. The molecule has 0 aliphatic heterocycles. The van der Waals surface area contributed by atoms with E-state index in [2.05, 4.69) is 13.2 Å². The Balaban J connectivity index is 3.48. The van der Waals surface area contributed by atoms with Gasteiger partial charge in [-0.1, -0.05) is 12.2 Å². The molecule has 0 fully saturated rings. The Kier molecular flexibility index (Phi) is 3.44. The molecule has 0 atom stereocenters. The second-order valence-corrected chi connectivity index (χ2v) is 3.21. The third kappa shape index (κ3) is 2.15. The minimum atomic E-state index is -0.320. The van der Waals surface area contributed by atoms with E-state index >= 15 is 0 Å². The molecule has 0 amide bonds. The Morgan fingerprint density at radius 1 is 1.20 bits per heavy atom. The van der Waals surface area contributed by atoms with Gasteiger partial charge in [0.15, 0.2) is 0 Å². The topological polar surface area (TPSA) is 44.0 Å². The van der Waals surface area contributed by atoms with Crippen LogP contribution >= 0.6 is 0 Å². The van der Waals surface area contributed by atoms with Gasteiger partial charge >= 0.3 is 5.69 Å². The van der Waals surface area contributed by atoms with Crippen LogP contribution in [0.25, 0.3) is 0 Å². The number of aryl methyl sites for hydroxylation is 1. The maximum Gasteiger partial charge on any atom is 0.331 e. The highest BCUT2D eigenvalue weighted by atomic mass is 16.2. The Hall–Kier alpha value is -1.84. The Labute approximate surface area is 87.8 Å². The zero-order valence-corrected chi connectivity index (χ0v) is 8.77. The van der Waals surface area contributed by atoms with E-state index in [0.29, 0.717) is 12.2 Å². The van der Waals surface area contributed by atoms with Crippen molar-refractivity contribution in [3.8, 4) is 0 Å². The van der Waals surface area contributed by atoms with Crippen molar-refractivity contribution >= 4 is 0 Å². The molecule has 1 rings (SSSR count). The third-order valence-electron chi connectivity index (χ3n) is 2.11. The van der Waals surface area contributed by atoms with Crippen LogP contribution in [0, 0.1) is 6.92 Å². The summed E-state index contributed by atoms with van der Waals surface area (Å²) in [4.78, 5) is 23.3. The van der Waals surface area contributed by atoms with Gasteiger partial charge in [0.2, 0.25) is 0 Å². The summed E-state index contributed by atoms with van der Waals surface area (Å²) in [6.45, 7) is 9.44. The second-order valence-electron chi connectivity index (χ2n) is 3.21. The van der Waals surface area contributed by atoms with Crippen molar-refractivity contribution in [2.45, 2.75) is 20.0 Å². The molecule has 1 heterocycles. The SMILES string of the molecule is C=CCn1c(C)cc(=O)n(CC=C)c1=O. The van der Waals surface area contributed by atoms with Crippen molar-refractivity contribution in [2.24, 2.45) is 0 Å². The quantitative estimate of drug-likeness (QED) is 0.680. The summed E-state index contributed by atoms with van der Waals surface area (Å²) >= 11 is 0. The normalized spacial score (nSPS) is 9.93. The predicted molar refractivity (Wildman–Crippen MR) is 60.1 cm³/mol. The summed E-state index contributed by atoms with van der Waals surface area (Å²) in [5, 5.41) is 0. The molecule has 1 aromatic rings. The number of hydrogen-bond acceptors (Lipinski definition) is 2. The van der Waals surface area contributed by atoms with Crippen LogP contribution in [0.1, 0.15) is 5.69 Å². The van der Waals surface area contributed by atoms with Crippen molar-refractivity contribution in [1.29, 1.82) is 0 Å². The zero-order valence-electron chi connectivity index (χ0n) is 8.77. The monoisotopic (exact) mass is 206 g/mol. The summed E-state index contributed by atoms with van der Waals surface area (Å²) in [6.07, 6.45) is 3.15. The van der Waals surface area contributed by atoms with E-state index in [4.69, 9.17) is 0 Å². The number of allylic oxidation sites excluding steroid dienone is 2. The molecule has 0 aromatic carbocycles. The van der Waals surface area contributed by atoms with Crippen LogP contribution in [0.4, 0.5) is 0 Å². The summed E-state index contributed by atoms with van der Waals surface area (Å²) in [7, 11) is 0. The van der Waals surface area contributed by atoms with Crippen LogP contribution in [-0.4, -0.2) is 9.13 Å². The lowest BCUT2D eigenvalue weighted by Gasteiger charge is -2.09. The lowest BCUT2D eigenvalue weighted by Crippen LogP contribution is -2.40. The van der Waals surface area contributed by atoms with Gasteiger partial charge in [-0.3, -0.25) is 13.9 Å². The van der Waals surface area contributed by atoms with Gasteiger partial charge in [0.25, 0.3) is 5.56 Å². The van der Waals surface area contributed by atoms with Gasteiger partial charge in [-0.2, -0.15) is 0 Å². The van der Waals surface area contributed by atoms with Gasteiger partial charge in [-0.05, 0) is 6.92 Å². The van der Waals surface area contributed by atoms with Gasteiger partial charge in [-0.25, -0.2) is 4.79 Å². The summed E-state index contributed by atoms with van der Waals surface area (Å²) in [5.74, 6) is 0. The smallest absolute Gasteiger partial charge is 0.294 e. The van der Waals surface area contributed by atoms with E-state index in [1.165, 1.54) is 16.7 Å². The average molecular weight is 206 g/mol. The first-order chi connectivity index (χ1) is 7.11. The molecule has 4 heteroatoms. The Morgan fingerprint density at radius 2 is 1.73 bits per heavy atom. The van der Waals surface area contributed by atoms with E-state index in [9.17, 15) is 9.59 Å². The standard InChI is InChI=1S/C11H14N2O2/c1-4-6-12-9(3)8-10(14)13(7-5-2)11(12)15/h4-5,8H,1-2,6-7H2,3H3. The molecule has 0 N–H and O–H groups in total. The minimum Gasteiger partial charge on any atom is -0.294 e. The zero-order chi connectivity index (χ0) is 11.4. The van der Waals surface area contributed by atoms with Crippen LogP contribution in [0.2, 0.25) is 0 Å². The van der Waals surface area contributed by atoms with E-state index in [1.807, 2.05) is 0 Å². The maximum absolute atomic E-state index is 11.8. The summed E-state index contributed by atoms with van der Waals surface area (Å²) in [6, 6.07) is 1.44. The fourth-order valence-corrected chi connectivity index (χ4v) is 1.37. The molecule has 0 spiro atoms. The van der Waals surface area contributed by atoms with Gasteiger partial charge < -0.3 is 0 Å². The maximum atomic E-state index is 11.8. The molecule has 0 unspecified atom stereocenters. The van der Waals surface area contributed by atoms with Crippen molar-refractivity contribution in [2.75, 3.05) is 0 Å². The molecule has 0 saturated carbocycles. The molecule has 0 aliphatic carbocycles. The van der Waals surface area contributed by atoms with E-state index in [1.54, 1.807) is 13.0 Å². The van der Waals surface area contributed by atoms with Crippen molar-refractivity contribution < 1.29 is 0 Å². The third-order valence-corrected chi connectivity index (χ3v) is 2.11. The molecule has 0 saturated heterocycles. The first-order valence-electron chi connectivity index (χ1n) is 4.65. The predicted octanol–water partition coefficient (Wildman–Crippen LogP) is 0.690. The Morgan fingerprint density at radius 3 is 2.27 bits per heavy atom. The average Bonchev–Trinajstić information content (AvgIpc) is 2.19. The molecular weight excluding hydrogens is 192 g/mol. The minimum absolute atomic E-state index is 0.231. The van der Waals surface area contributed by atoms with E-state index in [-0.39, 0.29) is 17.8 Å². The highest BCUT2D eigenvalue weighted by Gasteiger charge is 2.05. The molecule has 15 heavy (non-hydrogen) atoms. The number of nitrogens with zero attached hydrogens (tertiary/aromatic N) is 2. The molecule has 0 radical (unpaired) electrons. The van der Waals surface area contributed by atoms with Gasteiger partial charge in [0, 0.05) is 24.8 Å². The van der Waals surface area contributed by atoms with Crippen molar-refractivity contribution in [1.82, 2.24) is 9.13 Å². The van der Waals surface area contributed by atoms with Crippen LogP contribution in [-0.2, 0) is 13.1 Å². The molecule has 0 aliphatic rings. The van der Waals surface area contributed by atoms with Crippen LogP contribution in [0.5, 0.6) is 0 Å². The lowest BCUT2D eigenvalue weighted by molar-refractivity contribution is 0.610. The van der Waals surface area contributed by atoms with Gasteiger partial charge in [-0.15, -0.1) is 13.2 Å². The van der Waals surface area contributed by atoms with Crippen LogP contribution in [0.15, 0.2) is 41.0 Å². The van der Waals surface area contributed by atoms with Crippen LogP contribution < -0.4 is 11.2 Å².